The lowest BCUT2D eigenvalue weighted by atomic mass is 9.85. The number of benzene rings is 1. The Hall–Kier alpha value is -1.47. The van der Waals surface area contributed by atoms with Gasteiger partial charge in [0.25, 0.3) is 5.91 Å². The second-order valence-electron chi connectivity index (χ2n) is 4.69. The Labute approximate surface area is 111 Å². The first kappa shape index (κ1) is 14.0. The Morgan fingerprint density at radius 2 is 2.11 bits per heavy atom. The molecule has 0 heterocycles. The SMILES string of the molecule is NS(=O)(=O)c1ccc(F)c(C(=O)NCC2CCC2)c1. The van der Waals surface area contributed by atoms with Crippen molar-refractivity contribution in [3.05, 3.63) is 29.6 Å². The van der Waals surface area contributed by atoms with E-state index in [2.05, 4.69) is 5.32 Å². The van der Waals surface area contributed by atoms with E-state index >= 15 is 0 Å². The molecule has 5 nitrogen and oxygen atoms in total. The van der Waals surface area contributed by atoms with E-state index in [1.54, 1.807) is 0 Å². The Bertz CT molecular complexity index is 597. The molecule has 3 N–H and O–H groups in total. The van der Waals surface area contributed by atoms with Crippen molar-refractivity contribution >= 4 is 15.9 Å². The molecule has 0 bridgehead atoms. The number of carbonyl (C=O) groups excluding carboxylic acids is 1. The first-order valence-corrected chi connectivity index (χ1v) is 7.53. The van der Waals surface area contributed by atoms with E-state index in [0.717, 1.165) is 37.5 Å². The number of amides is 1. The largest absolute Gasteiger partial charge is 0.352 e. The standard InChI is InChI=1S/C12H15FN2O3S/c13-11-5-4-9(19(14,17)18)6-10(11)12(16)15-7-8-2-1-3-8/h4-6,8H,1-3,7H2,(H,15,16)(H2,14,17,18). The van der Waals surface area contributed by atoms with Crippen LogP contribution in [0.2, 0.25) is 0 Å². The molecule has 1 aromatic rings. The number of nitrogens with two attached hydrogens (primary N) is 1. The van der Waals surface area contributed by atoms with Crippen LogP contribution in [0.25, 0.3) is 0 Å². The lowest BCUT2D eigenvalue weighted by molar-refractivity contribution is 0.0935. The van der Waals surface area contributed by atoms with Crippen molar-refractivity contribution in [2.75, 3.05) is 6.54 Å². The summed E-state index contributed by atoms with van der Waals surface area (Å²) in [7, 11) is -3.95. The number of hydrogen-bond donors (Lipinski definition) is 2. The van der Waals surface area contributed by atoms with Gasteiger partial charge in [-0.05, 0) is 37.0 Å². The quantitative estimate of drug-likeness (QED) is 0.865. The Balaban J connectivity index is 2.15. The summed E-state index contributed by atoms with van der Waals surface area (Å²) in [6.45, 7) is 0.484. The van der Waals surface area contributed by atoms with Gasteiger partial charge in [-0.1, -0.05) is 6.42 Å². The van der Waals surface area contributed by atoms with E-state index in [4.69, 9.17) is 5.14 Å². The van der Waals surface area contributed by atoms with E-state index in [9.17, 15) is 17.6 Å². The van der Waals surface area contributed by atoms with Gasteiger partial charge in [-0.25, -0.2) is 17.9 Å². The third kappa shape index (κ3) is 3.30. The fourth-order valence-corrected chi connectivity index (χ4v) is 2.42. The van der Waals surface area contributed by atoms with E-state index in [1.165, 1.54) is 0 Å². The van der Waals surface area contributed by atoms with Crippen LogP contribution in [0.15, 0.2) is 23.1 Å². The van der Waals surface area contributed by atoms with Gasteiger partial charge in [-0.2, -0.15) is 0 Å². The van der Waals surface area contributed by atoms with Gasteiger partial charge in [-0.15, -0.1) is 0 Å². The molecule has 2 rings (SSSR count). The Kier molecular flexibility index (Phi) is 3.86. The molecule has 0 radical (unpaired) electrons. The summed E-state index contributed by atoms with van der Waals surface area (Å²) in [4.78, 5) is 11.5. The molecule has 1 saturated carbocycles. The molecule has 0 aromatic heterocycles. The molecule has 1 aliphatic carbocycles. The molecule has 19 heavy (non-hydrogen) atoms. The molecular formula is C12H15FN2O3S. The molecule has 0 aliphatic heterocycles. The van der Waals surface area contributed by atoms with Crippen molar-refractivity contribution in [3.63, 3.8) is 0 Å². The molecule has 1 aromatic carbocycles. The summed E-state index contributed by atoms with van der Waals surface area (Å²) in [6, 6.07) is 2.92. The number of primary sulfonamides is 1. The van der Waals surface area contributed by atoms with E-state index in [1.807, 2.05) is 0 Å². The van der Waals surface area contributed by atoms with Crippen molar-refractivity contribution < 1.29 is 17.6 Å². The Morgan fingerprint density at radius 3 is 2.63 bits per heavy atom. The lowest BCUT2D eigenvalue weighted by Gasteiger charge is -2.25. The predicted octanol–water partition coefficient (Wildman–Crippen LogP) is 1.00. The van der Waals surface area contributed by atoms with E-state index in [-0.39, 0.29) is 10.5 Å². The van der Waals surface area contributed by atoms with Gasteiger partial charge in [0.15, 0.2) is 0 Å². The summed E-state index contributed by atoms with van der Waals surface area (Å²) in [5.41, 5.74) is -0.300. The number of nitrogens with one attached hydrogen (secondary N) is 1. The number of carbonyl (C=O) groups is 1. The maximum Gasteiger partial charge on any atom is 0.254 e. The minimum absolute atomic E-state index is 0.275. The number of rotatable bonds is 4. The van der Waals surface area contributed by atoms with Crippen molar-refractivity contribution in [3.8, 4) is 0 Å². The number of hydrogen-bond acceptors (Lipinski definition) is 3. The monoisotopic (exact) mass is 286 g/mol. The zero-order valence-corrected chi connectivity index (χ0v) is 11.0. The minimum Gasteiger partial charge on any atom is -0.352 e. The van der Waals surface area contributed by atoms with Crippen LogP contribution in [0.3, 0.4) is 0 Å². The topological polar surface area (TPSA) is 89.3 Å². The van der Waals surface area contributed by atoms with Crippen molar-refractivity contribution in [2.45, 2.75) is 24.2 Å². The van der Waals surface area contributed by atoms with Crippen LogP contribution in [0.1, 0.15) is 29.6 Å². The average Bonchev–Trinajstić information content (AvgIpc) is 2.25. The van der Waals surface area contributed by atoms with Crippen LogP contribution >= 0.6 is 0 Å². The van der Waals surface area contributed by atoms with Crippen molar-refractivity contribution in [1.29, 1.82) is 0 Å². The fraction of sp³-hybridized carbons (Fsp3) is 0.417. The van der Waals surface area contributed by atoms with Crippen LogP contribution < -0.4 is 10.5 Å². The summed E-state index contributed by atoms with van der Waals surface area (Å²) < 4.78 is 35.9. The molecule has 0 unspecified atom stereocenters. The number of halogens is 1. The molecule has 1 fully saturated rings. The highest BCUT2D eigenvalue weighted by Gasteiger charge is 2.20. The summed E-state index contributed by atoms with van der Waals surface area (Å²) in [6.07, 6.45) is 3.26. The maximum atomic E-state index is 13.5. The smallest absolute Gasteiger partial charge is 0.254 e. The van der Waals surface area contributed by atoms with Crippen LogP contribution in [0, 0.1) is 11.7 Å². The van der Waals surface area contributed by atoms with Gasteiger partial charge in [0, 0.05) is 6.54 Å². The normalized spacial score (nSPS) is 15.9. The van der Waals surface area contributed by atoms with Crippen LogP contribution in [-0.4, -0.2) is 20.9 Å². The predicted molar refractivity (Wildman–Crippen MR) is 67.4 cm³/mol. The van der Waals surface area contributed by atoms with Crippen molar-refractivity contribution in [2.24, 2.45) is 11.1 Å². The third-order valence-corrected chi connectivity index (χ3v) is 4.20. The molecular weight excluding hydrogens is 271 g/mol. The molecule has 7 heteroatoms. The van der Waals surface area contributed by atoms with E-state index in [0.29, 0.717) is 12.5 Å². The summed E-state index contributed by atoms with van der Waals surface area (Å²) >= 11 is 0. The number of sulfonamides is 1. The minimum atomic E-state index is -3.95. The maximum absolute atomic E-state index is 13.5. The second kappa shape index (κ2) is 5.26. The van der Waals surface area contributed by atoms with Gasteiger partial charge in [0.2, 0.25) is 10.0 Å². The van der Waals surface area contributed by atoms with Gasteiger partial charge in [0.1, 0.15) is 5.82 Å². The first-order valence-electron chi connectivity index (χ1n) is 5.98. The molecule has 0 spiro atoms. The highest BCUT2D eigenvalue weighted by atomic mass is 32.2. The molecule has 0 saturated heterocycles. The van der Waals surface area contributed by atoms with Gasteiger partial charge in [0.05, 0.1) is 10.5 Å². The molecule has 1 amide bonds. The Morgan fingerprint density at radius 1 is 1.42 bits per heavy atom. The summed E-state index contributed by atoms with van der Waals surface area (Å²) in [5, 5.41) is 7.55. The van der Waals surface area contributed by atoms with Crippen LogP contribution in [0.5, 0.6) is 0 Å². The van der Waals surface area contributed by atoms with Crippen LogP contribution in [-0.2, 0) is 10.0 Å². The highest BCUT2D eigenvalue weighted by Crippen LogP contribution is 2.25. The molecule has 0 atom stereocenters. The highest BCUT2D eigenvalue weighted by molar-refractivity contribution is 7.89. The van der Waals surface area contributed by atoms with Gasteiger partial charge < -0.3 is 5.32 Å². The zero-order chi connectivity index (χ0) is 14.0. The third-order valence-electron chi connectivity index (χ3n) is 3.29. The van der Waals surface area contributed by atoms with Crippen molar-refractivity contribution in [1.82, 2.24) is 5.32 Å². The fourth-order valence-electron chi connectivity index (χ4n) is 1.88. The average molecular weight is 286 g/mol. The second-order valence-corrected chi connectivity index (χ2v) is 6.26. The van der Waals surface area contributed by atoms with Gasteiger partial charge >= 0.3 is 0 Å². The molecule has 1 aliphatic rings. The summed E-state index contributed by atoms with van der Waals surface area (Å²) in [5.74, 6) is -0.943. The first-order chi connectivity index (χ1) is 8.88. The van der Waals surface area contributed by atoms with Gasteiger partial charge in [-0.3, -0.25) is 4.79 Å². The molecule has 104 valence electrons. The van der Waals surface area contributed by atoms with E-state index < -0.39 is 21.7 Å². The zero-order valence-electron chi connectivity index (χ0n) is 10.2. The lowest BCUT2D eigenvalue weighted by Crippen LogP contribution is -2.32. The van der Waals surface area contributed by atoms with Crippen LogP contribution in [0.4, 0.5) is 4.39 Å².